The number of carbonyl (C=O) groups excluding carboxylic acids is 1. The van der Waals surface area contributed by atoms with E-state index in [0.29, 0.717) is 11.6 Å². The van der Waals surface area contributed by atoms with Gasteiger partial charge in [0.15, 0.2) is 0 Å². The fourth-order valence-electron chi connectivity index (χ4n) is 3.60. The van der Waals surface area contributed by atoms with E-state index in [4.69, 9.17) is 0 Å². The summed E-state index contributed by atoms with van der Waals surface area (Å²) in [6, 6.07) is 16.3. The van der Waals surface area contributed by atoms with Crippen LogP contribution in [0.4, 0.5) is 11.4 Å². The molecule has 6 nitrogen and oxygen atoms in total. The predicted molar refractivity (Wildman–Crippen MR) is 106 cm³/mol. The molecular weight excluding hydrogens is 342 g/mol. The highest BCUT2D eigenvalue weighted by Gasteiger charge is 2.26. The molecule has 0 spiro atoms. The highest BCUT2D eigenvalue weighted by atomic mass is 16.6. The lowest BCUT2D eigenvalue weighted by Gasteiger charge is -2.34. The number of carbonyl (C=O) groups is 1. The van der Waals surface area contributed by atoms with Crippen LogP contribution in [-0.2, 0) is 11.2 Å². The Morgan fingerprint density at radius 1 is 1.19 bits per heavy atom. The van der Waals surface area contributed by atoms with Gasteiger partial charge in [-0.3, -0.25) is 14.9 Å². The molecule has 1 heterocycles. The molecule has 0 aromatic heterocycles. The Hall–Kier alpha value is -2.89. The fourth-order valence-corrected chi connectivity index (χ4v) is 3.60. The Morgan fingerprint density at radius 2 is 1.89 bits per heavy atom. The SMILES string of the molecule is C[C@H](Nc1cccc([N+](=O)[O-])c1)C(=O)N1CCC(Cc2ccccc2)CC1. The smallest absolute Gasteiger partial charge is 0.271 e. The number of hydrogen-bond donors (Lipinski definition) is 1. The normalized spacial score (nSPS) is 16.0. The summed E-state index contributed by atoms with van der Waals surface area (Å²) in [5, 5.41) is 14.0. The van der Waals surface area contributed by atoms with Crippen LogP contribution in [-0.4, -0.2) is 34.9 Å². The first-order valence-electron chi connectivity index (χ1n) is 9.36. The van der Waals surface area contributed by atoms with Crippen LogP contribution in [0.2, 0.25) is 0 Å². The number of nitro groups is 1. The van der Waals surface area contributed by atoms with Gasteiger partial charge in [0.1, 0.15) is 6.04 Å². The van der Waals surface area contributed by atoms with Crippen molar-refractivity contribution in [3.05, 3.63) is 70.3 Å². The number of anilines is 1. The summed E-state index contributed by atoms with van der Waals surface area (Å²) < 4.78 is 0. The molecule has 1 aliphatic heterocycles. The van der Waals surface area contributed by atoms with Crippen molar-refractivity contribution in [2.75, 3.05) is 18.4 Å². The molecule has 1 N–H and O–H groups in total. The van der Waals surface area contributed by atoms with Gasteiger partial charge in [0.05, 0.1) is 4.92 Å². The molecular formula is C21H25N3O3. The zero-order valence-corrected chi connectivity index (χ0v) is 15.5. The van der Waals surface area contributed by atoms with Gasteiger partial charge in [0, 0.05) is 30.9 Å². The van der Waals surface area contributed by atoms with Gasteiger partial charge in [-0.1, -0.05) is 36.4 Å². The summed E-state index contributed by atoms with van der Waals surface area (Å²) in [5.74, 6) is 0.649. The van der Waals surface area contributed by atoms with E-state index in [0.717, 1.165) is 32.4 Å². The molecule has 1 atom stereocenters. The van der Waals surface area contributed by atoms with Crippen LogP contribution >= 0.6 is 0 Å². The number of benzene rings is 2. The van der Waals surface area contributed by atoms with Crippen molar-refractivity contribution in [1.82, 2.24) is 4.90 Å². The Morgan fingerprint density at radius 3 is 2.56 bits per heavy atom. The highest BCUT2D eigenvalue weighted by molar-refractivity contribution is 5.84. The van der Waals surface area contributed by atoms with Gasteiger partial charge in [0.25, 0.3) is 5.69 Å². The predicted octanol–water partition coefficient (Wildman–Crippen LogP) is 3.88. The largest absolute Gasteiger partial charge is 0.374 e. The summed E-state index contributed by atoms with van der Waals surface area (Å²) in [6.07, 6.45) is 3.07. The van der Waals surface area contributed by atoms with Crippen LogP contribution in [0.5, 0.6) is 0 Å². The lowest BCUT2D eigenvalue weighted by atomic mass is 9.90. The Bertz CT molecular complexity index is 786. The molecule has 1 saturated heterocycles. The average Bonchev–Trinajstić information content (AvgIpc) is 2.69. The molecule has 0 saturated carbocycles. The second-order valence-corrected chi connectivity index (χ2v) is 7.13. The number of nitrogens with one attached hydrogen (secondary N) is 1. The number of nitro benzene ring substituents is 1. The minimum Gasteiger partial charge on any atom is -0.374 e. The molecule has 3 rings (SSSR count). The molecule has 0 unspecified atom stereocenters. The van der Waals surface area contributed by atoms with E-state index in [1.807, 2.05) is 11.0 Å². The molecule has 142 valence electrons. The van der Waals surface area contributed by atoms with E-state index in [1.54, 1.807) is 19.1 Å². The van der Waals surface area contributed by atoms with Gasteiger partial charge in [-0.15, -0.1) is 0 Å². The Labute approximate surface area is 159 Å². The molecule has 1 aliphatic rings. The first kappa shape index (κ1) is 18.9. The first-order valence-corrected chi connectivity index (χ1v) is 9.36. The quantitative estimate of drug-likeness (QED) is 0.621. The van der Waals surface area contributed by atoms with E-state index >= 15 is 0 Å². The number of amides is 1. The fraction of sp³-hybridized carbons (Fsp3) is 0.381. The summed E-state index contributed by atoms with van der Waals surface area (Å²) in [7, 11) is 0. The van der Waals surface area contributed by atoms with Gasteiger partial charge >= 0.3 is 0 Å². The van der Waals surface area contributed by atoms with Crippen LogP contribution in [0.3, 0.4) is 0 Å². The van der Waals surface area contributed by atoms with Gasteiger partial charge in [-0.25, -0.2) is 0 Å². The Kier molecular flexibility index (Phi) is 6.06. The molecule has 2 aromatic carbocycles. The third-order valence-corrected chi connectivity index (χ3v) is 5.10. The summed E-state index contributed by atoms with van der Waals surface area (Å²) in [6.45, 7) is 3.33. The van der Waals surface area contributed by atoms with Crippen molar-refractivity contribution in [2.24, 2.45) is 5.92 Å². The number of nitrogens with zero attached hydrogens (tertiary/aromatic N) is 2. The van der Waals surface area contributed by atoms with Crippen LogP contribution < -0.4 is 5.32 Å². The zero-order chi connectivity index (χ0) is 19.2. The summed E-state index contributed by atoms with van der Waals surface area (Å²) in [5.41, 5.74) is 1.95. The van der Waals surface area contributed by atoms with Crippen LogP contribution in [0.1, 0.15) is 25.3 Å². The number of likely N-dealkylation sites (tertiary alicyclic amines) is 1. The van der Waals surface area contributed by atoms with E-state index in [1.165, 1.54) is 17.7 Å². The second-order valence-electron chi connectivity index (χ2n) is 7.13. The Balaban J connectivity index is 1.51. The van der Waals surface area contributed by atoms with Gasteiger partial charge in [-0.05, 0) is 43.7 Å². The van der Waals surface area contributed by atoms with E-state index < -0.39 is 11.0 Å². The standard InChI is InChI=1S/C21H25N3O3/c1-16(22-19-8-5-9-20(15-19)24(26)27)21(25)23-12-10-18(11-13-23)14-17-6-3-2-4-7-17/h2-9,15-16,18,22H,10-14H2,1H3/t16-/m0/s1. The third-order valence-electron chi connectivity index (χ3n) is 5.10. The summed E-state index contributed by atoms with van der Waals surface area (Å²) >= 11 is 0. The van der Waals surface area contributed by atoms with Crippen molar-refractivity contribution in [2.45, 2.75) is 32.2 Å². The number of non-ortho nitro benzene ring substituents is 1. The van der Waals surface area contributed by atoms with Crippen LogP contribution in [0.25, 0.3) is 0 Å². The van der Waals surface area contributed by atoms with Crippen LogP contribution in [0.15, 0.2) is 54.6 Å². The molecule has 1 amide bonds. The average molecular weight is 367 g/mol. The maximum Gasteiger partial charge on any atom is 0.271 e. The van der Waals surface area contributed by atoms with Crippen molar-refractivity contribution in [3.63, 3.8) is 0 Å². The monoisotopic (exact) mass is 367 g/mol. The molecule has 0 aliphatic carbocycles. The number of rotatable bonds is 6. The zero-order valence-electron chi connectivity index (χ0n) is 15.5. The molecule has 0 radical (unpaired) electrons. The lowest BCUT2D eigenvalue weighted by Crippen LogP contribution is -2.45. The molecule has 2 aromatic rings. The topological polar surface area (TPSA) is 75.5 Å². The highest BCUT2D eigenvalue weighted by Crippen LogP contribution is 2.23. The molecule has 27 heavy (non-hydrogen) atoms. The van der Waals surface area contributed by atoms with E-state index in [2.05, 4.69) is 29.6 Å². The van der Waals surface area contributed by atoms with Crippen molar-refractivity contribution >= 4 is 17.3 Å². The number of piperidine rings is 1. The number of hydrogen-bond acceptors (Lipinski definition) is 4. The minimum atomic E-state index is -0.435. The first-order chi connectivity index (χ1) is 13.0. The van der Waals surface area contributed by atoms with E-state index in [-0.39, 0.29) is 11.6 Å². The summed E-state index contributed by atoms with van der Waals surface area (Å²) in [4.78, 5) is 25.1. The van der Waals surface area contributed by atoms with Crippen molar-refractivity contribution in [1.29, 1.82) is 0 Å². The lowest BCUT2D eigenvalue weighted by molar-refractivity contribution is -0.384. The van der Waals surface area contributed by atoms with E-state index in [9.17, 15) is 14.9 Å². The van der Waals surface area contributed by atoms with Gasteiger partial charge < -0.3 is 10.2 Å². The van der Waals surface area contributed by atoms with Crippen molar-refractivity contribution < 1.29 is 9.72 Å². The van der Waals surface area contributed by atoms with Gasteiger partial charge in [-0.2, -0.15) is 0 Å². The van der Waals surface area contributed by atoms with Crippen molar-refractivity contribution in [3.8, 4) is 0 Å². The molecule has 0 bridgehead atoms. The van der Waals surface area contributed by atoms with Crippen LogP contribution in [0, 0.1) is 16.0 Å². The maximum atomic E-state index is 12.7. The third kappa shape index (κ3) is 5.06. The minimum absolute atomic E-state index is 0.0152. The molecule has 6 heteroatoms. The molecule has 1 fully saturated rings. The van der Waals surface area contributed by atoms with Gasteiger partial charge in [0.2, 0.25) is 5.91 Å². The second kappa shape index (κ2) is 8.66. The maximum absolute atomic E-state index is 12.7.